The molecule has 0 unspecified atom stereocenters. The Balaban J connectivity index is 1.75. The quantitative estimate of drug-likeness (QED) is 0.814. The molecule has 0 N–H and O–H groups in total. The Labute approximate surface area is 162 Å². The molecule has 1 heterocycles. The molecule has 3 rings (SSSR count). The highest BCUT2D eigenvalue weighted by Gasteiger charge is 2.43. The second kappa shape index (κ2) is 7.91. The molecule has 1 atom stereocenters. The van der Waals surface area contributed by atoms with Crippen LogP contribution in [0.4, 0.5) is 0 Å². The molecule has 0 aromatic heterocycles. The van der Waals surface area contributed by atoms with Crippen LogP contribution in [0.25, 0.3) is 0 Å². The SMILES string of the molecule is CC[C@@H](C)C(=O)N(C)C1CCC2(CC1)CN(C(C)=O)Cc1ccccc1O2. The number of nitrogens with zero attached hydrogens (tertiary/aromatic N) is 2. The van der Waals surface area contributed by atoms with Gasteiger partial charge >= 0.3 is 0 Å². The van der Waals surface area contributed by atoms with Crippen LogP contribution in [0.1, 0.15) is 58.4 Å². The largest absolute Gasteiger partial charge is 0.485 e. The molecule has 1 aliphatic heterocycles. The summed E-state index contributed by atoms with van der Waals surface area (Å²) in [6.45, 7) is 6.90. The molecule has 2 amide bonds. The Morgan fingerprint density at radius 2 is 1.96 bits per heavy atom. The van der Waals surface area contributed by atoms with Crippen LogP contribution in [0.3, 0.4) is 0 Å². The van der Waals surface area contributed by atoms with Gasteiger partial charge in [0.1, 0.15) is 11.4 Å². The molecule has 1 aliphatic carbocycles. The first-order valence-corrected chi connectivity index (χ1v) is 10.1. The number of ether oxygens (including phenoxy) is 1. The van der Waals surface area contributed by atoms with Crippen LogP contribution in [-0.2, 0) is 16.1 Å². The van der Waals surface area contributed by atoms with E-state index in [9.17, 15) is 9.59 Å². The Morgan fingerprint density at radius 1 is 1.30 bits per heavy atom. The fourth-order valence-corrected chi connectivity index (χ4v) is 4.31. The summed E-state index contributed by atoms with van der Waals surface area (Å²) < 4.78 is 6.53. The molecule has 0 radical (unpaired) electrons. The molecule has 0 bridgehead atoms. The van der Waals surface area contributed by atoms with Crippen molar-refractivity contribution in [1.29, 1.82) is 0 Å². The van der Waals surface area contributed by atoms with Gasteiger partial charge in [-0.1, -0.05) is 32.0 Å². The maximum atomic E-state index is 12.5. The van der Waals surface area contributed by atoms with Crippen LogP contribution >= 0.6 is 0 Å². The number of carbonyl (C=O) groups is 2. The van der Waals surface area contributed by atoms with Crippen LogP contribution in [0.2, 0.25) is 0 Å². The minimum Gasteiger partial charge on any atom is -0.485 e. The van der Waals surface area contributed by atoms with Crippen molar-refractivity contribution in [3.8, 4) is 5.75 Å². The lowest BCUT2D eigenvalue weighted by atomic mass is 9.80. The zero-order valence-electron chi connectivity index (χ0n) is 17.0. The van der Waals surface area contributed by atoms with Crippen LogP contribution in [0.15, 0.2) is 24.3 Å². The Hall–Kier alpha value is -2.04. The summed E-state index contributed by atoms with van der Waals surface area (Å²) in [5, 5.41) is 0. The molecule has 5 nitrogen and oxygen atoms in total. The van der Waals surface area contributed by atoms with Gasteiger partial charge in [-0.2, -0.15) is 0 Å². The maximum absolute atomic E-state index is 12.5. The number of para-hydroxylation sites is 1. The van der Waals surface area contributed by atoms with Gasteiger partial charge in [-0.25, -0.2) is 0 Å². The van der Waals surface area contributed by atoms with Gasteiger partial charge in [0.25, 0.3) is 0 Å². The van der Waals surface area contributed by atoms with Crippen molar-refractivity contribution in [3.63, 3.8) is 0 Å². The number of rotatable bonds is 3. The summed E-state index contributed by atoms with van der Waals surface area (Å²) >= 11 is 0. The normalized spacial score (nSPS) is 25.9. The number of carbonyl (C=O) groups excluding carboxylic acids is 2. The standard InChI is InChI=1S/C22H32N2O3/c1-5-16(2)21(26)23(4)19-10-12-22(13-11-19)15-24(17(3)25)14-18-8-6-7-9-20(18)27-22/h6-9,16,19H,5,10-15H2,1-4H3/t16-,19?,22?/m1/s1. The van der Waals surface area contributed by atoms with E-state index >= 15 is 0 Å². The molecule has 1 aromatic rings. The molecule has 0 saturated heterocycles. The van der Waals surface area contributed by atoms with E-state index in [0.717, 1.165) is 43.4 Å². The first-order chi connectivity index (χ1) is 12.8. The lowest BCUT2D eigenvalue weighted by molar-refractivity contribution is -0.138. The van der Waals surface area contributed by atoms with Gasteiger partial charge in [0.15, 0.2) is 0 Å². The van der Waals surface area contributed by atoms with Crippen molar-refractivity contribution in [2.24, 2.45) is 5.92 Å². The van der Waals surface area contributed by atoms with Crippen molar-refractivity contribution in [1.82, 2.24) is 9.80 Å². The average Bonchev–Trinajstić information content (AvgIpc) is 2.83. The van der Waals surface area contributed by atoms with E-state index in [1.165, 1.54) is 0 Å². The van der Waals surface area contributed by atoms with Crippen LogP contribution < -0.4 is 4.74 Å². The van der Waals surface area contributed by atoms with Crippen molar-refractivity contribution < 1.29 is 14.3 Å². The summed E-state index contributed by atoms with van der Waals surface area (Å²) in [5.74, 6) is 1.28. The van der Waals surface area contributed by atoms with Crippen molar-refractivity contribution in [2.45, 2.75) is 71.1 Å². The molecule has 1 spiro atoms. The topological polar surface area (TPSA) is 49.9 Å². The number of hydrogen-bond donors (Lipinski definition) is 0. The van der Waals surface area contributed by atoms with E-state index < -0.39 is 0 Å². The first kappa shape index (κ1) is 19.7. The van der Waals surface area contributed by atoms with Gasteiger partial charge in [0, 0.05) is 38.0 Å². The predicted octanol–water partition coefficient (Wildman–Crippen LogP) is 3.61. The highest BCUT2D eigenvalue weighted by molar-refractivity contribution is 5.78. The molecular formula is C22H32N2O3. The summed E-state index contributed by atoms with van der Waals surface area (Å²) in [7, 11) is 1.93. The number of benzene rings is 1. The van der Waals surface area contributed by atoms with Crippen molar-refractivity contribution >= 4 is 11.8 Å². The van der Waals surface area contributed by atoms with Gasteiger partial charge in [-0.05, 0) is 38.2 Å². The van der Waals surface area contributed by atoms with E-state index in [4.69, 9.17) is 4.74 Å². The maximum Gasteiger partial charge on any atom is 0.225 e. The van der Waals surface area contributed by atoms with Gasteiger partial charge in [-0.3, -0.25) is 9.59 Å². The third-order valence-corrected chi connectivity index (χ3v) is 6.38. The van der Waals surface area contributed by atoms with E-state index in [-0.39, 0.29) is 29.4 Å². The zero-order chi connectivity index (χ0) is 19.6. The molecule has 1 saturated carbocycles. The lowest BCUT2D eigenvalue weighted by Crippen LogP contribution is -2.52. The van der Waals surface area contributed by atoms with E-state index in [1.807, 2.05) is 48.0 Å². The first-order valence-electron chi connectivity index (χ1n) is 10.1. The molecule has 27 heavy (non-hydrogen) atoms. The van der Waals surface area contributed by atoms with Gasteiger partial charge < -0.3 is 14.5 Å². The van der Waals surface area contributed by atoms with E-state index in [1.54, 1.807) is 6.92 Å². The summed E-state index contributed by atoms with van der Waals surface area (Å²) in [4.78, 5) is 28.6. The van der Waals surface area contributed by atoms with Gasteiger partial charge in [0.2, 0.25) is 11.8 Å². The third-order valence-electron chi connectivity index (χ3n) is 6.38. The summed E-state index contributed by atoms with van der Waals surface area (Å²) in [5.41, 5.74) is 0.713. The van der Waals surface area contributed by atoms with Crippen molar-refractivity contribution in [2.75, 3.05) is 13.6 Å². The molecule has 2 aliphatic rings. The Bertz CT molecular complexity index is 695. The van der Waals surface area contributed by atoms with Crippen LogP contribution in [0.5, 0.6) is 5.75 Å². The lowest BCUT2D eigenvalue weighted by Gasteiger charge is -2.43. The fourth-order valence-electron chi connectivity index (χ4n) is 4.31. The van der Waals surface area contributed by atoms with E-state index in [0.29, 0.717) is 13.1 Å². The van der Waals surface area contributed by atoms with Crippen LogP contribution in [0, 0.1) is 5.92 Å². The Kier molecular flexibility index (Phi) is 5.78. The summed E-state index contributed by atoms with van der Waals surface area (Å²) in [6.07, 6.45) is 4.40. The monoisotopic (exact) mass is 372 g/mol. The molecular weight excluding hydrogens is 340 g/mol. The minimum absolute atomic E-state index is 0.0695. The predicted molar refractivity (Wildman–Crippen MR) is 105 cm³/mol. The number of amides is 2. The number of hydrogen-bond acceptors (Lipinski definition) is 3. The average molecular weight is 373 g/mol. The zero-order valence-corrected chi connectivity index (χ0v) is 17.0. The third kappa shape index (κ3) is 4.12. The van der Waals surface area contributed by atoms with Crippen molar-refractivity contribution in [3.05, 3.63) is 29.8 Å². The van der Waals surface area contributed by atoms with Gasteiger partial charge in [-0.15, -0.1) is 0 Å². The Morgan fingerprint density at radius 3 is 2.59 bits per heavy atom. The minimum atomic E-state index is -0.352. The summed E-state index contributed by atoms with van der Waals surface area (Å²) in [6, 6.07) is 8.27. The second-order valence-electron chi connectivity index (χ2n) is 8.26. The highest BCUT2D eigenvalue weighted by atomic mass is 16.5. The molecule has 1 aromatic carbocycles. The van der Waals surface area contributed by atoms with E-state index in [2.05, 4.69) is 6.92 Å². The fraction of sp³-hybridized carbons (Fsp3) is 0.636. The van der Waals surface area contributed by atoms with Crippen LogP contribution in [-0.4, -0.2) is 46.8 Å². The van der Waals surface area contributed by atoms with Gasteiger partial charge in [0.05, 0.1) is 6.54 Å². The molecule has 1 fully saturated rings. The molecule has 5 heteroatoms. The number of fused-ring (bicyclic) bond motifs is 1. The molecule has 148 valence electrons. The second-order valence-corrected chi connectivity index (χ2v) is 8.26. The smallest absolute Gasteiger partial charge is 0.225 e. The highest BCUT2D eigenvalue weighted by Crippen LogP contribution is 2.39.